The smallest absolute Gasteiger partial charge is 0.255 e. The molecule has 4 heterocycles. The molecule has 31 heavy (non-hydrogen) atoms. The number of piperidine rings is 1. The van der Waals surface area contributed by atoms with E-state index in [1.165, 1.54) is 0 Å². The molecule has 0 aromatic carbocycles. The first-order chi connectivity index (χ1) is 15.2. The molecule has 0 saturated carbocycles. The van der Waals surface area contributed by atoms with Crippen molar-refractivity contribution < 1.29 is 9.53 Å². The minimum Gasteiger partial charge on any atom is -0.383 e. The van der Waals surface area contributed by atoms with Gasteiger partial charge in [0.05, 0.1) is 24.1 Å². The molecule has 1 amide bonds. The Morgan fingerprint density at radius 3 is 2.90 bits per heavy atom. The summed E-state index contributed by atoms with van der Waals surface area (Å²) in [5.74, 6) is 1.33. The van der Waals surface area contributed by atoms with Crippen molar-refractivity contribution in [3.8, 4) is 11.5 Å². The number of hydrogen-bond donors (Lipinski definition) is 1. The van der Waals surface area contributed by atoms with E-state index in [1.807, 2.05) is 11.0 Å². The molecule has 1 fully saturated rings. The third-order valence-corrected chi connectivity index (χ3v) is 5.19. The number of rotatable bonds is 7. The Morgan fingerprint density at radius 2 is 2.13 bits per heavy atom. The lowest BCUT2D eigenvalue weighted by Gasteiger charge is -2.32. The maximum absolute atomic E-state index is 12.9. The van der Waals surface area contributed by atoms with Crippen LogP contribution in [-0.2, 0) is 4.74 Å². The van der Waals surface area contributed by atoms with Gasteiger partial charge in [-0.15, -0.1) is 0 Å². The van der Waals surface area contributed by atoms with E-state index < -0.39 is 0 Å². The molecule has 1 atom stereocenters. The van der Waals surface area contributed by atoms with Gasteiger partial charge in [-0.25, -0.2) is 15.0 Å². The van der Waals surface area contributed by atoms with Gasteiger partial charge in [0, 0.05) is 63.5 Å². The SMILES string of the molecule is COCCNc1cc([C@H]2CCCN(C(=O)c3cccnc3)C2)nc(-c2cnccn2)n1. The topological polar surface area (TPSA) is 106 Å². The number of likely N-dealkylation sites (tertiary alicyclic amines) is 1. The minimum atomic E-state index is -0.000511. The highest BCUT2D eigenvalue weighted by atomic mass is 16.5. The maximum atomic E-state index is 12.9. The number of pyridine rings is 1. The van der Waals surface area contributed by atoms with Crippen LogP contribution >= 0.6 is 0 Å². The number of hydrogen-bond acceptors (Lipinski definition) is 8. The van der Waals surface area contributed by atoms with E-state index in [2.05, 4.69) is 25.3 Å². The second-order valence-electron chi connectivity index (χ2n) is 7.34. The van der Waals surface area contributed by atoms with Gasteiger partial charge in [-0.2, -0.15) is 0 Å². The lowest BCUT2D eigenvalue weighted by Crippen LogP contribution is -2.39. The molecule has 1 N–H and O–H groups in total. The molecular weight excluding hydrogens is 394 g/mol. The molecule has 3 aromatic rings. The van der Waals surface area contributed by atoms with Gasteiger partial charge in [0.1, 0.15) is 11.5 Å². The molecule has 1 aliphatic rings. The summed E-state index contributed by atoms with van der Waals surface area (Å²) in [6, 6.07) is 5.54. The summed E-state index contributed by atoms with van der Waals surface area (Å²) in [5, 5.41) is 3.28. The van der Waals surface area contributed by atoms with E-state index >= 15 is 0 Å². The van der Waals surface area contributed by atoms with Crippen LogP contribution in [0, 0.1) is 0 Å². The van der Waals surface area contributed by atoms with E-state index in [4.69, 9.17) is 9.72 Å². The Kier molecular flexibility index (Phi) is 6.73. The molecule has 0 aliphatic carbocycles. The summed E-state index contributed by atoms with van der Waals surface area (Å²) in [7, 11) is 1.66. The number of ether oxygens (including phenoxy) is 1. The first kappa shape index (κ1) is 20.8. The fourth-order valence-corrected chi connectivity index (χ4v) is 3.65. The fourth-order valence-electron chi connectivity index (χ4n) is 3.65. The van der Waals surface area contributed by atoms with Crippen LogP contribution in [0.2, 0.25) is 0 Å². The Bertz CT molecular complexity index is 1000. The number of carbonyl (C=O) groups excluding carboxylic acids is 1. The molecule has 0 unspecified atom stereocenters. The summed E-state index contributed by atoms with van der Waals surface area (Å²) in [5.41, 5.74) is 2.10. The Morgan fingerprint density at radius 1 is 1.23 bits per heavy atom. The zero-order chi connectivity index (χ0) is 21.5. The lowest BCUT2D eigenvalue weighted by molar-refractivity contribution is 0.0705. The normalized spacial score (nSPS) is 16.2. The van der Waals surface area contributed by atoms with Crippen LogP contribution in [0.4, 0.5) is 5.82 Å². The molecule has 1 saturated heterocycles. The number of anilines is 1. The van der Waals surface area contributed by atoms with Crippen molar-refractivity contribution in [3.05, 3.63) is 60.4 Å². The van der Waals surface area contributed by atoms with Crippen molar-refractivity contribution in [3.63, 3.8) is 0 Å². The number of aromatic nitrogens is 5. The molecule has 3 aromatic heterocycles. The van der Waals surface area contributed by atoms with Gasteiger partial charge in [-0.1, -0.05) is 0 Å². The van der Waals surface area contributed by atoms with Crippen LogP contribution in [-0.4, -0.2) is 69.1 Å². The monoisotopic (exact) mass is 419 g/mol. The summed E-state index contributed by atoms with van der Waals surface area (Å²) in [4.78, 5) is 36.7. The standard InChI is InChI=1S/C22H25N7O2/c1-31-11-9-26-20-12-18(27-21(28-20)19-14-24-7-8-25-19)17-5-3-10-29(15-17)22(30)16-4-2-6-23-13-16/h2,4,6-8,12-14,17H,3,5,9-11,15H2,1H3,(H,26,27,28)/t17-/m0/s1. The molecule has 9 heteroatoms. The molecule has 0 radical (unpaired) electrons. The second-order valence-corrected chi connectivity index (χ2v) is 7.34. The summed E-state index contributed by atoms with van der Waals surface area (Å²) < 4.78 is 5.13. The molecule has 1 aliphatic heterocycles. The Hall–Kier alpha value is -3.46. The van der Waals surface area contributed by atoms with Gasteiger partial charge in [0.15, 0.2) is 5.82 Å². The van der Waals surface area contributed by atoms with Gasteiger partial charge in [-0.3, -0.25) is 14.8 Å². The highest BCUT2D eigenvalue weighted by Crippen LogP contribution is 2.29. The first-order valence-electron chi connectivity index (χ1n) is 10.3. The molecule has 9 nitrogen and oxygen atoms in total. The first-order valence-corrected chi connectivity index (χ1v) is 10.3. The Balaban J connectivity index is 1.59. The minimum absolute atomic E-state index is 0.000511. The number of nitrogens with zero attached hydrogens (tertiary/aromatic N) is 6. The molecule has 160 valence electrons. The van der Waals surface area contributed by atoms with Gasteiger partial charge in [0.2, 0.25) is 0 Å². The molecular formula is C22H25N7O2. The summed E-state index contributed by atoms with van der Waals surface area (Å²) in [6.45, 7) is 2.52. The van der Waals surface area contributed by atoms with E-state index in [1.54, 1.807) is 50.2 Å². The number of amides is 1. The average molecular weight is 419 g/mol. The summed E-state index contributed by atoms with van der Waals surface area (Å²) in [6.07, 6.45) is 10.0. The number of nitrogens with one attached hydrogen (secondary N) is 1. The third kappa shape index (κ3) is 5.18. The quantitative estimate of drug-likeness (QED) is 0.582. The summed E-state index contributed by atoms with van der Waals surface area (Å²) >= 11 is 0. The molecule has 4 rings (SSSR count). The fraction of sp³-hybridized carbons (Fsp3) is 0.364. The zero-order valence-electron chi connectivity index (χ0n) is 17.4. The van der Waals surface area contributed by atoms with Gasteiger partial charge in [-0.05, 0) is 25.0 Å². The predicted molar refractivity (Wildman–Crippen MR) is 116 cm³/mol. The highest BCUT2D eigenvalue weighted by Gasteiger charge is 2.27. The maximum Gasteiger partial charge on any atom is 0.255 e. The van der Waals surface area contributed by atoms with Crippen LogP contribution in [0.1, 0.15) is 34.8 Å². The van der Waals surface area contributed by atoms with E-state index in [-0.39, 0.29) is 11.8 Å². The van der Waals surface area contributed by atoms with E-state index in [0.29, 0.717) is 42.6 Å². The van der Waals surface area contributed by atoms with Crippen LogP contribution in [0.15, 0.2) is 49.2 Å². The van der Waals surface area contributed by atoms with Crippen LogP contribution in [0.25, 0.3) is 11.5 Å². The van der Waals surface area contributed by atoms with E-state index in [9.17, 15) is 4.79 Å². The number of methoxy groups -OCH3 is 1. The van der Waals surface area contributed by atoms with Crippen LogP contribution < -0.4 is 5.32 Å². The van der Waals surface area contributed by atoms with Crippen molar-refractivity contribution in [2.75, 3.05) is 38.7 Å². The predicted octanol–water partition coefficient (Wildman–Crippen LogP) is 2.41. The van der Waals surface area contributed by atoms with E-state index in [0.717, 1.165) is 25.1 Å². The molecule has 0 spiro atoms. The highest BCUT2D eigenvalue weighted by molar-refractivity contribution is 5.94. The number of carbonyl (C=O) groups is 1. The van der Waals surface area contributed by atoms with Crippen molar-refractivity contribution >= 4 is 11.7 Å². The molecule has 0 bridgehead atoms. The zero-order valence-corrected chi connectivity index (χ0v) is 17.4. The van der Waals surface area contributed by atoms with Gasteiger partial charge < -0.3 is 15.0 Å². The average Bonchev–Trinajstić information content (AvgIpc) is 2.85. The second kappa shape index (κ2) is 10.0. The Labute approximate surface area is 181 Å². The van der Waals surface area contributed by atoms with Crippen molar-refractivity contribution in [1.82, 2.24) is 29.8 Å². The van der Waals surface area contributed by atoms with Crippen molar-refractivity contribution in [2.45, 2.75) is 18.8 Å². The van der Waals surface area contributed by atoms with Crippen molar-refractivity contribution in [1.29, 1.82) is 0 Å². The van der Waals surface area contributed by atoms with Crippen molar-refractivity contribution in [2.24, 2.45) is 0 Å². The van der Waals surface area contributed by atoms with Crippen LogP contribution in [0.5, 0.6) is 0 Å². The van der Waals surface area contributed by atoms with Gasteiger partial charge in [0.25, 0.3) is 5.91 Å². The lowest BCUT2D eigenvalue weighted by atomic mass is 9.94. The third-order valence-electron chi connectivity index (χ3n) is 5.19. The largest absolute Gasteiger partial charge is 0.383 e. The van der Waals surface area contributed by atoms with Gasteiger partial charge >= 0.3 is 0 Å². The van der Waals surface area contributed by atoms with Crippen LogP contribution in [0.3, 0.4) is 0 Å².